The Labute approximate surface area is 107 Å². The van der Waals surface area contributed by atoms with Crippen LogP contribution in [-0.2, 0) is 4.79 Å². The van der Waals surface area contributed by atoms with Crippen molar-refractivity contribution in [3.8, 4) is 6.07 Å². The highest BCUT2D eigenvalue weighted by atomic mass is 16.2. The second-order valence-corrected chi connectivity index (χ2v) is 4.63. The second-order valence-electron chi connectivity index (χ2n) is 4.63. The van der Waals surface area contributed by atoms with E-state index in [4.69, 9.17) is 0 Å². The van der Waals surface area contributed by atoms with Crippen LogP contribution in [0.4, 0.5) is 0 Å². The zero-order chi connectivity index (χ0) is 13.1. The highest BCUT2D eigenvalue weighted by Crippen LogP contribution is 2.28. The van der Waals surface area contributed by atoms with E-state index in [-0.39, 0.29) is 11.5 Å². The lowest BCUT2D eigenvalue weighted by Gasteiger charge is -2.16. The Morgan fingerprint density at radius 1 is 1.33 bits per heavy atom. The molecular weight excluding hydrogens is 224 g/mol. The van der Waals surface area contributed by atoms with Gasteiger partial charge in [-0.1, -0.05) is 30.3 Å². The largest absolute Gasteiger partial charge is 0.338 e. The molecule has 1 aliphatic rings. The van der Waals surface area contributed by atoms with Crippen molar-refractivity contribution in [2.75, 3.05) is 7.05 Å². The Hall–Kier alpha value is -2.08. The van der Waals surface area contributed by atoms with E-state index in [9.17, 15) is 10.1 Å². The molecule has 1 aromatic carbocycles. The predicted molar refractivity (Wildman–Crippen MR) is 70.4 cm³/mol. The quantitative estimate of drug-likeness (QED) is 0.602. The summed E-state index contributed by atoms with van der Waals surface area (Å²) in [6.07, 6.45) is 2.09. The zero-order valence-electron chi connectivity index (χ0n) is 10.7. The smallest absolute Gasteiger partial charge is 0.264 e. The van der Waals surface area contributed by atoms with E-state index in [1.54, 1.807) is 11.9 Å². The van der Waals surface area contributed by atoms with Crippen LogP contribution < -0.4 is 0 Å². The number of benzene rings is 1. The van der Waals surface area contributed by atoms with Gasteiger partial charge in [-0.3, -0.25) is 4.79 Å². The molecule has 1 amide bonds. The fourth-order valence-corrected chi connectivity index (χ4v) is 1.93. The van der Waals surface area contributed by atoms with E-state index in [0.717, 1.165) is 24.0 Å². The molecule has 0 atom stereocenters. The summed E-state index contributed by atoms with van der Waals surface area (Å²) >= 11 is 0. The third kappa shape index (κ3) is 2.43. The number of allylic oxidation sites excluding steroid dienone is 1. The summed E-state index contributed by atoms with van der Waals surface area (Å²) in [6, 6.07) is 11.9. The molecule has 0 aliphatic heterocycles. The van der Waals surface area contributed by atoms with Gasteiger partial charge in [0.15, 0.2) is 0 Å². The minimum Gasteiger partial charge on any atom is -0.338 e. The van der Waals surface area contributed by atoms with Crippen molar-refractivity contribution in [1.82, 2.24) is 4.90 Å². The maximum absolute atomic E-state index is 12.2. The lowest BCUT2D eigenvalue weighted by atomic mass is 10.0. The van der Waals surface area contributed by atoms with Crippen LogP contribution in [0.3, 0.4) is 0 Å². The normalized spacial score (nSPS) is 15.6. The molecule has 18 heavy (non-hydrogen) atoms. The maximum atomic E-state index is 12.2. The van der Waals surface area contributed by atoms with E-state index >= 15 is 0 Å². The molecule has 0 aromatic heterocycles. The minimum absolute atomic E-state index is 0.165. The van der Waals surface area contributed by atoms with Crippen LogP contribution in [-0.4, -0.2) is 23.9 Å². The highest BCUT2D eigenvalue weighted by molar-refractivity contribution is 6.04. The molecule has 1 fully saturated rings. The zero-order valence-corrected chi connectivity index (χ0v) is 10.7. The van der Waals surface area contributed by atoms with Gasteiger partial charge in [-0.2, -0.15) is 5.26 Å². The summed E-state index contributed by atoms with van der Waals surface area (Å²) in [6.45, 7) is 1.83. The molecule has 3 nitrogen and oxygen atoms in total. The third-order valence-corrected chi connectivity index (χ3v) is 3.32. The van der Waals surface area contributed by atoms with Gasteiger partial charge in [0, 0.05) is 13.1 Å². The predicted octanol–water partition coefficient (Wildman–Crippen LogP) is 2.60. The number of carbonyl (C=O) groups is 1. The number of hydrogen-bond donors (Lipinski definition) is 0. The first kappa shape index (κ1) is 12.4. The lowest BCUT2D eigenvalue weighted by molar-refractivity contribution is -0.125. The summed E-state index contributed by atoms with van der Waals surface area (Å²) < 4.78 is 0. The molecule has 0 unspecified atom stereocenters. The Bertz CT molecular complexity index is 521. The first-order valence-corrected chi connectivity index (χ1v) is 6.08. The van der Waals surface area contributed by atoms with Crippen molar-refractivity contribution in [1.29, 1.82) is 5.26 Å². The average Bonchev–Trinajstić information content (AvgIpc) is 3.23. The van der Waals surface area contributed by atoms with Gasteiger partial charge in [-0.25, -0.2) is 0 Å². The van der Waals surface area contributed by atoms with Crippen LogP contribution in [0.25, 0.3) is 5.57 Å². The van der Waals surface area contributed by atoms with E-state index in [2.05, 4.69) is 6.07 Å². The summed E-state index contributed by atoms with van der Waals surface area (Å²) in [5.74, 6) is -0.165. The van der Waals surface area contributed by atoms with Crippen LogP contribution in [0.2, 0.25) is 0 Å². The number of rotatable bonds is 3. The van der Waals surface area contributed by atoms with Crippen molar-refractivity contribution in [3.05, 3.63) is 41.5 Å². The second kappa shape index (κ2) is 5.05. The van der Waals surface area contributed by atoms with Crippen LogP contribution >= 0.6 is 0 Å². The summed E-state index contributed by atoms with van der Waals surface area (Å²) in [7, 11) is 1.77. The van der Waals surface area contributed by atoms with Crippen LogP contribution in [0.15, 0.2) is 35.9 Å². The van der Waals surface area contributed by atoms with Gasteiger partial charge < -0.3 is 4.90 Å². The average molecular weight is 240 g/mol. The molecule has 0 heterocycles. The number of nitrogens with zero attached hydrogens (tertiary/aromatic N) is 2. The van der Waals surface area contributed by atoms with Gasteiger partial charge >= 0.3 is 0 Å². The summed E-state index contributed by atoms with van der Waals surface area (Å²) in [4.78, 5) is 13.9. The van der Waals surface area contributed by atoms with Crippen LogP contribution in [0.5, 0.6) is 0 Å². The number of amides is 1. The number of likely N-dealkylation sites (N-methyl/N-ethyl adjacent to an activating group) is 1. The first-order chi connectivity index (χ1) is 8.65. The molecule has 92 valence electrons. The number of hydrogen-bond acceptors (Lipinski definition) is 2. The SMILES string of the molecule is CC(=C(C#N)C(=O)N(C)C1CC1)c1ccccc1. The fraction of sp³-hybridized carbons (Fsp3) is 0.333. The minimum atomic E-state index is -0.165. The Morgan fingerprint density at radius 3 is 2.44 bits per heavy atom. The fourth-order valence-electron chi connectivity index (χ4n) is 1.93. The molecule has 0 bridgehead atoms. The maximum Gasteiger partial charge on any atom is 0.264 e. The Morgan fingerprint density at radius 2 is 1.94 bits per heavy atom. The van der Waals surface area contributed by atoms with E-state index in [0.29, 0.717) is 6.04 Å². The molecule has 1 aliphatic carbocycles. The molecule has 0 N–H and O–H groups in total. The third-order valence-electron chi connectivity index (χ3n) is 3.32. The number of nitriles is 1. The van der Waals surface area contributed by atoms with Gasteiger partial charge in [0.1, 0.15) is 11.6 Å². The van der Waals surface area contributed by atoms with Gasteiger partial charge in [0.2, 0.25) is 0 Å². The van der Waals surface area contributed by atoms with Gasteiger partial charge in [0.05, 0.1) is 0 Å². The van der Waals surface area contributed by atoms with Crippen molar-refractivity contribution in [2.24, 2.45) is 0 Å². The van der Waals surface area contributed by atoms with Crippen molar-refractivity contribution < 1.29 is 4.79 Å². The molecule has 0 radical (unpaired) electrons. The van der Waals surface area contributed by atoms with Crippen LogP contribution in [0, 0.1) is 11.3 Å². The van der Waals surface area contributed by atoms with Gasteiger partial charge in [-0.15, -0.1) is 0 Å². The summed E-state index contributed by atoms with van der Waals surface area (Å²) in [5, 5.41) is 9.22. The molecule has 1 saturated carbocycles. The molecule has 1 aromatic rings. The van der Waals surface area contributed by atoms with Crippen molar-refractivity contribution in [2.45, 2.75) is 25.8 Å². The van der Waals surface area contributed by atoms with Gasteiger partial charge in [-0.05, 0) is 30.9 Å². The van der Waals surface area contributed by atoms with E-state index in [1.807, 2.05) is 37.3 Å². The first-order valence-electron chi connectivity index (χ1n) is 6.08. The number of carbonyl (C=O) groups excluding carboxylic acids is 1. The molecular formula is C15H16N2O. The van der Waals surface area contributed by atoms with Crippen LogP contribution in [0.1, 0.15) is 25.3 Å². The van der Waals surface area contributed by atoms with E-state index < -0.39 is 0 Å². The Balaban J connectivity index is 2.32. The Kier molecular flexibility index (Phi) is 3.47. The van der Waals surface area contributed by atoms with Crippen molar-refractivity contribution >= 4 is 11.5 Å². The molecule has 2 rings (SSSR count). The van der Waals surface area contributed by atoms with E-state index in [1.165, 1.54) is 0 Å². The standard InChI is InChI=1S/C15H16N2O/c1-11(12-6-4-3-5-7-12)14(10-16)15(18)17(2)13-8-9-13/h3-7,13H,8-9H2,1-2H3. The molecule has 0 saturated heterocycles. The summed E-state index contributed by atoms with van der Waals surface area (Å²) in [5.41, 5.74) is 1.91. The van der Waals surface area contributed by atoms with Crippen molar-refractivity contribution in [3.63, 3.8) is 0 Å². The topological polar surface area (TPSA) is 44.1 Å². The van der Waals surface area contributed by atoms with Gasteiger partial charge in [0.25, 0.3) is 5.91 Å². The monoisotopic (exact) mass is 240 g/mol. The molecule has 0 spiro atoms. The highest BCUT2D eigenvalue weighted by Gasteiger charge is 2.31. The lowest BCUT2D eigenvalue weighted by Crippen LogP contribution is -2.30. The molecule has 3 heteroatoms.